The van der Waals surface area contributed by atoms with Crippen LogP contribution in [0.25, 0.3) is 16.6 Å². The summed E-state index contributed by atoms with van der Waals surface area (Å²) in [6.07, 6.45) is 4.32. The number of hydrogen-bond donors (Lipinski definition) is 1. The molecule has 0 unspecified atom stereocenters. The van der Waals surface area contributed by atoms with Crippen LogP contribution in [0.5, 0.6) is 5.75 Å². The van der Waals surface area contributed by atoms with Crippen molar-refractivity contribution in [2.45, 2.75) is 45.0 Å². The van der Waals surface area contributed by atoms with Crippen LogP contribution in [0.1, 0.15) is 41.4 Å². The van der Waals surface area contributed by atoms with Gasteiger partial charge in [0.1, 0.15) is 23.6 Å². The molecule has 0 bridgehead atoms. The molecule has 1 N–H and O–H groups in total. The highest BCUT2D eigenvalue weighted by molar-refractivity contribution is 6.07. The maximum Gasteiger partial charge on any atom is 0.255 e. The van der Waals surface area contributed by atoms with Gasteiger partial charge in [0, 0.05) is 48.3 Å². The number of hydrogen-bond acceptors (Lipinski definition) is 7. The summed E-state index contributed by atoms with van der Waals surface area (Å²) in [6.45, 7) is 3.50. The van der Waals surface area contributed by atoms with E-state index in [0.717, 1.165) is 23.1 Å². The Balaban J connectivity index is 1.17. The molecule has 0 radical (unpaired) electrons. The molecule has 200 valence electrons. The van der Waals surface area contributed by atoms with Crippen LogP contribution in [-0.2, 0) is 34.0 Å². The van der Waals surface area contributed by atoms with Gasteiger partial charge in [-0.1, -0.05) is 11.3 Å². The quantitative estimate of drug-likeness (QED) is 0.349. The number of piperidine rings is 1. The van der Waals surface area contributed by atoms with E-state index in [4.69, 9.17) is 9.47 Å². The highest BCUT2D eigenvalue weighted by Gasteiger charge is 2.49. The summed E-state index contributed by atoms with van der Waals surface area (Å²) < 4.78 is 15.1. The Morgan fingerprint density at radius 2 is 2.00 bits per heavy atom. The second-order valence-corrected chi connectivity index (χ2v) is 10.0. The molecule has 2 aromatic carbocycles. The van der Waals surface area contributed by atoms with Gasteiger partial charge in [-0.25, -0.2) is 4.68 Å². The first-order chi connectivity index (χ1) is 18.9. The third-order valence-electron chi connectivity index (χ3n) is 7.57. The minimum Gasteiger partial charge on any atom is -0.487 e. The highest BCUT2D eigenvalue weighted by Crippen LogP contribution is 2.38. The van der Waals surface area contributed by atoms with Crippen LogP contribution in [0.2, 0.25) is 0 Å². The minimum atomic E-state index is -1.10. The molecule has 1 fully saturated rings. The molecule has 0 spiro atoms. The topological polar surface area (TPSA) is 121 Å². The molecule has 4 aromatic rings. The lowest BCUT2D eigenvalue weighted by Crippen LogP contribution is -2.61. The van der Waals surface area contributed by atoms with E-state index in [2.05, 4.69) is 38.4 Å². The Labute approximate surface area is 224 Å². The molecule has 0 saturated carbocycles. The van der Waals surface area contributed by atoms with E-state index in [1.165, 1.54) is 4.90 Å². The van der Waals surface area contributed by atoms with Gasteiger partial charge in [-0.2, -0.15) is 0 Å². The Morgan fingerprint density at radius 1 is 1.13 bits per heavy atom. The van der Waals surface area contributed by atoms with Crippen LogP contribution in [-0.4, -0.2) is 61.4 Å². The Hall–Kier alpha value is -4.51. The van der Waals surface area contributed by atoms with Gasteiger partial charge in [0.15, 0.2) is 0 Å². The Kier molecular flexibility index (Phi) is 6.15. The van der Waals surface area contributed by atoms with E-state index in [9.17, 15) is 14.4 Å². The van der Waals surface area contributed by atoms with Crippen molar-refractivity contribution in [1.29, 1.82) is 0 Å². The van der Waals surface area contributed by atoms with Crippen molar-refractivity contribution in [3.05, 3.63) is 71.7 Å². The van der Waals surface area contributed by atoms with Crippen molar-refractivity contribution in [2.75, 3.05) is 13.7 Å². The average molecular weight is 529 g/mol. The van der Waals surface area contributed by atoms with E-state index < -0.39 is 11.4 Å². The minimum absolute atomic E-state index is 0.159. The molecule has 1 saturated heterocycles. The summed E-state index contributed by atoms with van der Waals surface area (Å²) in [5.41, 5.74) is 2.73. The van der Waals surface area contributed by atoms with E-state index in [1.807, 2.05) is 18.5 Å². The van der Waals surface area contributed by atoms with Crippen LogP contribution in [0, 0.1) is 0 Å². The highest BCUT2D eigenvalue weighted by atomic mass is 16.5. The fourth-order valence-electron chi connectivity index (χ4n) is 5.25. The lowest BCUT2D eigenvalue weighted by molar-refractivity contribution is -0.142. The number of amides is 3. The fourth-order valence-corrected chi connectivity index (χ4v) is 5.25. The number of aromatic nitrogens is 4. The van der Waals surface area contributed by atoms with Crippen molar-refractivity contribution >= 4 is 28.6 Å². The monoisotopic (exact) mass is 528 g/mol. The van der Waals surface area contributed by atoms with E-state index in [-0.39, 0.29) is 37.8 Å². The summed E-state index contributed by atoms with van der Waals surface area (Å²) in [5, 5.41) is 12.0. The number of carbonyl (C=O) groups excluding carboxylic acids is 3. The van der Waals surface area contributed by atoms with Crippen LogP contribution in [0.4, 0.5) is 0 Å². The van der Waals surface area contributed by atoms with Crippen molar-refractivity contribution in [2.24, 2.45) is 0 Å². The molecular weight excluding hydrogens is 500 g/mol. The van der Waals surface area contributed by atoms with Crippen LogP contribution >= 0.6 is 0 Å². The molecule has 0 aliphatic carbocycles. The number of nitrogens with zero attached hydrogens (tertiary/aromatic N) is 5. The SMILES string of the molecule is COCCn1ccc2cc(-n3cc(COc4cccc5c4CN([C@@]4(C)CCC(=O)NC4=O)C5=O)nn3)ccc21. The standard InChI is InChI=1S/C28H28N6O5/c1-28(10-8-25(35)29-27(28)37)33-16-22-21(26(33)36)4-3-5-24(22)39-17-19-15-34(31-30-19)20-6-7-23-18(14-20)9-11-32(23)12-13-38-2/h3-7,9,11,14-15H,8,10,12-13,16-17H2,1-2H3,(H,29,35,37)/t28-/m0/s1. The van der Waals surface area contributed by atoms with Crippen molar-refractivity contribution in [1.82, 2.24) is 29.8 Å². The van der Waals surface area contributed by atoms with Crippen LogP contribution in [0.15, 0.2) is 54.9 Å². The molecule has 1 atom stereocenters. The summed E-state index contributed by atoms with van der Waals surface area (Å²) in [5.74, 6) is -0.477. The average Bonchev–Trinajstić information content (AvgIpc) is 3.66. The van der Waals surface area contributed by atoms with E-state index in [1.54, 1.807) is 36.9 Å². The summed E-state index contributed by atoms with van der Waals surface area (Å²) in [6, 6.07) is 13.4. The molecule has 3 amide bonds. The van der Waals surface area contributed by atoms with Gasteiger partial charge in [0.2, 0.25) is 5.91 Å². The maximum absolute atomic E-state index is 13.2. The number of nitrogens with one attached hydrogen (secondary N) is 1. The fraction of sp³-hybridized carbons (Fsp3) is 0.321. The first kappa shape index (κ1) is 24.8. The second kappa shape index (κ2) is 9.66. The van der Waals surface area contributed by atoms with Crippen molar-refractivity contribution in [3.8, 4) is 11.4 Å². The smallest absolute Gasteiger partial charge is 0.255 e. The van der Waals surface area contributed by atoms with Crippen LogP contribution in [0.3, 0.4) is 0 Å². The molecular formula is C28H28N6O5. The van der Waals surface area contributed by atoms with Crippen LogP contribution < -0.4 is 10.1 Å². The molecule has 4 heterocycles. The van der Waals surface area contributed by atoms with Gasteiger partial charge < -0.3 is 18.9 Å². The van der Waals surface area contributed by atoms with E-state index >= 15 is 0 Å². The first-order valence-corrected chi connectivity index (χ1v) is 12.8. The zero-order chi connectivity index (χ0) is 27.1. The predicted octanol–water partition coefficient (Wildman–Crippen LogP) is 2.60. The number of methoxy groups -OCH3 is 1. The maximum atomic E-state index is 13.2. The van der Waals surface area contributed by atoms with Gasteiger partial charge in [-0.05, 0) is 49.7 Å². The van der Waals surface area contributed by atoms with Crippen molar-refractivity contribution in [3.63, 3.8) is 0 Å². The largest absolute Gasteiger partial charge is 0.487 e. The first-order valence-electron chi connectivity index (χ1n) is 12.8. The lowest BCUT2D eigenvalue weighted by atomic mass is 9.89. The van der Waals surface area contributed by atoms with Gasteiger partial charge in [-0.3, -0.25) is 19.7 Å². The zero-order valence-electron chi connectivity index (χ0n) is 21.7. The van der Waals surface area contributed by atoms with Crippen molar-refractivity contribution < 1.29 is 23.9 Å². The van der Waals surface area contributed by atoms with Gasteiger partial charge in [0.05, 0.1) is 25.0 Å². The Morgan fingerprint density at radius 3 is 2.82 bits per heavy atom. The summed E-state index contributed by atoms with van der Waals surface area (Å²) in [7, 11) is 1.69. The molecule has 11 heteroatoms. The number of ether oxygens (including phenoxy) is 2. The number of rotatable bonds is 8. The molecule has 6 rings (SSSR count). The van der Waals surface area contributed by atoms with Gasteiger partial charge >= 0.3 is 0 Å². The van der Waals surface area contributed by atoms with E-state index in [0.29, 0.717) is 29.2 Å². The summed E-state index contributed by atoms with van der Waals surface area (Å²) in [4.78, 5) is 39.1. The van der Waals surface area contributed by atoms with Gasteiger partial charge in [-0.15, -0.1) is 5.10 Å². The molecule has 11 nitrogen and oxygen atoms in total. The molecule has 2 aliphatic heterocycles. The zero-order valence-corrected chi connectivity index (χ0v) is 21.7. The number of carbonyl (C=O) groups is 3. The lowest BCUT2D eigenvalue weighted by Gasteiger charge is -2.39. The number of benzene rings is 2. The third kappa shape index (κ3) is 4.34. The Bertz CT molecular complexity index is 1610. The number of fused-ring (bicyclic) bond motifs is 2. The second-order valence-electron chi connectivity index (χ2n) is 10.0. The third-order valence-corrected chi connectivity index (χ3v) is 7.57. The molecule has 2 aliphatic rings. The normalized spacial score (nSPS) is 19.0. The molecule has 2 aromatic heterocycles. The number of imide groups is 1. The molecule has 39 heavy (non-hydrogen) atoms. The van der Waals surface area contributed by atoms with Gasteiger partial charge in [0.25, 0.3) is 11.8 Å². The predicted molar refractivity (Wildman–Crippen MR) is 140 cm³/mol. The summed E-state index contributed by atoms with van der Waals surface area (Å²) >= 11 is 0.